The van der Waals surface area contributed by atoms with Gasteiger partial charge in [-0.25, -0.2) is 4.98 Å². The zero-order valence-electron chi connectivity index (χ0n) is 9.61. The van der Waals surface area contributed by atoms with Crippen molar-refractivity contribution in [3.63, 3.8) is 0 Å². The van der Waals surface area contributed by atoms with Crippen molar-refractivity contribution in [1.29, 1.82) is 0 Å². The van der Waals surface area contributed by atoms with Gasteiger partial charge >= 0.3 is 0 Å². The Labute approximate surface area is 91.1 Å². The topological polar surface area (TPSA) is 38.0 Å². The van der Waals surface area contributed by atoms with Crippen LogP contribution in [0.25, 0.3) is 0 Å². The third kappa shape index (κ3) is 2.07. The summed E-state index contributed by atoms with van der Waals surface area (Å²) in [6.45, 7) is 5.77. The maximum Gasteiger partial charge on any atom is 0.109 e. The Balaban J connectivity index is 2.25. The Bertz CT molecular complexity index is 330. The second kappa shape index (κ2) is 4.35. The largest absolute Gasteiger partial charge is 0.396 e. The predicted octanol–water partition coefficient (Wildman–Crippen LogP) is 1.95. The minimum absolute atomic E-state index is 0.257. The predicted molar refractivity (Wildman–Crippen MR) is 59.8 cm³/mol. The Hall–Kier alpha value is -0.830. The molecule has 0 saturated carbocycles. The van der Waals surface area contributed by atoms with E-state index in [1.54, 1.807) is 0 Å². The number of hydrogen-bond donors (Lipinski definition) is 1. The zero-order valence-corrected chi connectivity index (χ0v) is 9.61. The summed E-state index contributed by atoms with van der Waals surface area (Å²) in [4.78, 5) is 4.49. The van der Waals surface area contributed by atoms with Gasteiger partial charge in [0.1, 0.15) is 5.82 Å². The van der Waals surface area contributed by atoms with Crippen LogP contribution in [0.2, 0.25) is 0 Å². The number of fused-ring (bicyclic) bond motifs is 1. The van der Waals surface area contributed by atoms with E-state index in [0.29, 0.717) is 11.8 Å². The van der Waals surface area contributed by atoms with Crippen LogP contribution in [0.1, 0.15) is 44.1 Å². The molecule has 84 valence electrons. The highest BCUT2D eigenvalue weighted by Gasteiger charge is 2.22. The molecule has 0 spiro atoms. The molecule has 1 aliphatic heterocycles. The third-order valence-electron chi connectivity index (χ3n) is 3.13. The number of hydrogen-bond acceptors (Lipinski definition) is 2. The molecular weight excluding hydrogens is 188 g/mol. The van der Waals surface area contributed by atoms with Gasteiger partial charge in [0.2, 0.25) is 0 Å². The molecule has 3 nitrogen and oxygen atoms in total. The van der Waals surface area contributed by atoms with E-state index in [1.165, 1.54) is 17.9 Å². The molecule has 3 heteroatoms. The monoisotopic (exact) mass is 208 g/mol. The van der Waals surface area contributed by atoms with Gasteiger partial charge in [-0.15, -0.1) is 0 Å². The van der Waals surface area contributed by atoms with Crippen LogP contribution in [0.15, 0.2) is 6.20 Å². The molecule has 0 aliphatic carbocycles. The highest BCUT2D eigenvalue weighted by Crippen LogP contribution is 2.28. The normalized spacial score (nSPS) is 20.7. The van der Waals surface area contributed by atoms with Crippen molar-refractivity contribution in [2.24, 2.45) is 5.92 Å². The molecule has 0 amide bonds. The molecule has 2 heterocycles. The summed E-state index contributed by atoms with van der Waals surface area (Å²) in [5, 5.41) is 9.29. The van der Waals surface area contributed by atoms with E-state index >= 15 is 0 Å². The molecule has 1 aliphatic rings. The summed E-state index contributed by atoms with van der Waals surface area (Å²) < 4.78 is 2.31. The first-order valence-electron chi connectivity index (χ1n) is 5.87. The Morgan fingerprint density at radius 2 is 2.40 bits per heavy atom. The molecule has 15 heavy (non-hydrogen) atoms. The number of rotatable bonds is 3. The first kappa shape index (κ1) is 10.7. The van der Waals surface area contributed by atoms with Gasteiger partial charge in [0, 0.05) is 30.8 Å². The Kier molecular flexibility index (Phi) is 3.10. The Morgan fingerprint density at radius 3 is 3.07 bits per heavy atom. The smallest absolute Gasteiger partial charge is 0.109 e. The fraction of sp³-hybridized carbons (Fsp3) is 0.750. The van der Waals surface area contributed by atoms with Crippen LogP contribution in [0.3, 0.4) is 0 Å². The van der Waals surface area contributed by atoms with Gasteiger partial charge in [0.05, 0.1) is 6.61 Å². The number of imidazole rings is 1. The molecule has 0 fully saturated rings. The average molecular weight is 208 g/mol. The van der Waals surface area contributed by atoms with Crippen molar-refractivity contribution in [3.05, 3.63) is 17.7 Å². The summed E-state index contributed by atoms with van der Waals surface area (Å²) in [6.07, 6.45) is 5.26. The van der Waals surface area contributed by atoms with E-state index in [1.807, 2.05) is 6.20 Å². The molecular formula is C12H20N2O. The first-order chi connectivity index (χ1) is 7.22. The van der Waals surface area contributed by atoms with Crippen LogP contribution in [-0.4, -0.2) is 21.3 Å². The third-order valence-corrected chi connectivity index (χ3v) is 3.13. The number of aliphatic hydroxyl groups excluding tert-OH is 1. The van der Waals surface area contributed by atoms with Gasteiger partial charge in [0.15, 0.2) is 0 Å². The number of nitrogens with zero attached hydrogens (tertiary/aromatic N) is 2. The van der Waals surface area contributed by atoms with Crippen LogP contribution in [0.5, 0.6) is 0 Å². The lowest BCUT2D eigenvalue weighted by atomic mass is 9.97. The maximum atomic E-state index is 9.29. The van der Waals surface area contributed by atoms with Crippen LogP contribution < -0.4 is 0 Å². The second-order valence-electron chi connectivity index (χ2n) is 4.87. The molecule has 1 aromatic rings. The molecule has 0 radical (unpaired) electrons. The lowest BCUT2D eigenvalue weighted by Crippen LogP contribution is -2.19. The van der Waals surface area contributed by atoms with Crippen molar-refractivity contribution < 1.29 is 5.11 Å². The van der Waals surface area contributed by atoms with Crippen LogP contribution in [0.4, 0.5) is 0 Å². The first-order valence-corrected chi connectivity index (χ1v) is 5.87. The summed E-state index contributed by atoms with van der Waals surface area (Å²) in [5.41, 5.74) is 1.24. The van der Waals surface area contributed by atoms with Crippen LogP contribution in [-0.2, 0) is 13.0 Å². The van der Waals surface area contributed by atoms with Gasteiger partial charge in [0.25, 0.3) is 0 Å². The zero-order chi connectivity index (χ0) is 10.8. The molecule has 2 rings (SSSR count). The minimum atomic E-state index is 0.257. The van der Waals surface area contributed by atoms with Crippen molar-refractivity contribution in [3.8, 4) is 0 Å². The summed E-state index contributed by atoms with van der Waals surface area (Å²) in [7, 11) is 0. The average Bonchev–Trinajstić information content (AvgIpc) is 2.61. The summed E-state index contributed by atoms with van der Waals surface area (Å²) in [6, 6.07) is 0. The molecule has 1 N–H and O–H groups in total. The van der Waals surface area contributed by atoms with E-state index in [9.17, 15) is 5.11 Å². The highest BCUT2D eigenvalue weighted by molar-refractivity contribution is 5.13. The van der Waals surface area contributed by atoms with E-state index in [-0.39, 0.29) is 6.61 Å². The molecule has 0 saturated heterocycles. The van der Waals surface area contributed by atoms with E-state index in [4.69, 9.17) is 0 Å². The van der Waals surface area contributed by atoms with Gasteiger partial charge in [-0.05, 0) is 18.8 Å². The molecule has 0 bridgehead atoms. The quantitative estimate of drug-likeness (QED) is 0.824. The molecule has 0 aromatic carbocycles. The molecule has 1 atom stereocenters. The van der Waals surface area contributed by atoms with E-state index in [2.05, 4.69) is 23.4 Å². The van der Waals surface area contributed by atoms with E-state index in [0.717, 1.165) is 19.4 Å². The Morgan fingerprint density at radius 1 is 1.60 bits per heavy atom. The summed E-state index contributed by atoms with van der Waals surface area (Å²) >= 11 is 0. The maximum absolute atomic E-state index is 9.29. The number of aliphatic hydroxyl groups is 1. The standard InChI is InChI=1S/C12H20N2O/c1-9(2)6-12-13-7-11-10(8-15)4-3-5-14(11)12/h7,9-10,15H,3-6,8H2,1-2H3. The lowest BCUT2D eigenvalue weighted by molar-refractivity contribution is 0.240. The summed E-state index contributed by atoms with van der Waals surface area (Å²) in [5.74, 6) is 2.15. The fourth-order valence-corrected chi connectivity index (χ4v) is 2.37. The lowest BCUT2D eigenvalue weighted by Gasteiger charge is -2.24. The highest BCUT2D eigenvalue weighted by atomic mass is 16.3. The van der Waals surface area contributed by atoms with Crippen molar-refractivity contribution in [1.82, 2.24) is 9.55 Å². The van der Waals surface area contributed by atoms with Gasteiger partial charge in [-0.1, -0.05) is 13.8 Å². The van der Waals surface area contributed by atoms with Crippen molar-refractivity contribution in [2.75, 3.05) is 6.61 Å². The molecule has 1 aromatic heterocycles. The second-order valence-corrected chi connectivity index (χ2v) is 4.87. The minimum Gasteiger partial charge on any atom is -0.396 e. The van der Waals surface area contributed by atoms with Crippen molar-refractivity contribution >= 4 is 0 Å². The van der Waals surface area contributed by atoms with Crippen molar-refractivity contribution in [2.45, 2.75) is 45.6 Å². The van der Waals surface area contributed by atoms with Gasteiger partial charge in [-0.3, -0.25) is 0 Å². The fourth-order valence-electron chi connectivity index (χ4n) is 2.37. The van der Waals surface area contributed by atoms with Crippen LogP contribution in [0, 0.1) is 5.92 Å². The van der Waals surface area contributed by atoms with Crippen LogP contribution >= 0.6 is 0 Å². The number of aromatic nitrogens is 2. The van der Waals surface area contributed by atoms with E-state index < -0.39 is 0 Å². The van der Waals surface area contributed by atoms with Gasteiger partial charge < -0.3 is 9.67 Å². The SMILES string of the molecule is CC(C)Cc1ncc2n1CCCC2CO. The van der Waals surface area contributed by atoms with Gasteiger partial charge in [-0.2, -0.15) is 0 Å². The molecule has 1 unspecified atom stereocenters.